The van der Waals surface area contributed by atoms with Crippen molar-refractivity contribution in [2.75, 3.05) is 0 Å². The molecule has 0 unspecified atom stereocenters. The van der Waals surface area contributed by atoms with E-state index in [9.17, 15) is 0 Å². The third-order valence-electron chi connectivity index (χ3n) is 0.500. The van der Waals surface area contributed by atoms with Crippen molar-refractivity contribution in [3.05, 3.63) is 0 Å². The molecule has 0 aromatic rings. The summed E-state index contributed by atoms with van der Waals surface area (Å²) in [4.78, 5) is 8.35. The monoisotopic (exact) mass is 144 g/mol. The molecule has 2 nitrogen and oxygen atoms in total. The van der Waals surface area contributed by atoms with E-state index in [-0.39, 0.29) is 29.6 Å². The maximum atomic E-state index is 8.35. The standard InChI is InChI=1S/C4H10.Na.HO2P/c1-3-4-2;;1-3-2/h3-4H2,1-2H3;;(H,1,2)/q;+1;/p-1. The Bertz CT molecular complexity index is 33.2. The third-order valence-corrected chi connectivity index (χ3v) is 0.500. The minimum Gasteiger partial charge on any atom is -0.772 e. The fraction of sp³-hybridized carbons (Fsp3) is 1.00. The van der Waals surface area contributed by atoms with Crippen LogP contribution in [0.1, 0.15) is 26.7 Å². The number of unbranched alkanes of at least 4 members (excludes halogenated alkanes) is 1. The molecule has 0 amide bonds. The molecule has 0 aromatic carbocycles. The van der Waals surface area contributed by atoms with Crippen molar-refractivity contribution in [3.63, 3.8) is 0 Å². The average Bonchev–Trinajstić information content (AvgIpc) is 1.69. The first-order chi connectivity index (χ1) is 3.33. The van der Waals surface area contributed by atoms with Crippen LogP contribution in [-0.2, 0) is 4.57 Å². The largest absolute Gasteiger partial charge is 1.00 e. The summed E-state index contributed by atoms with van der Waals surface area (Å²) in [5.41, 5.74) is 0. The Hall–Kier alpha value is 1.06. The molecule has 0 aliphatic heterocycles. The molecule has 8 heavy (non-hydrogen) atoms. The van der Waals surface area contributed by atoms with Crippen LogP contribution in [0.3, 0.4) is 0 Å². The van der Waals surface area contributed by atoms with Crippen LogP contribution in [0, 0.1) is 0 Å². The minimum atomic E-state index is -1.08. The van der Waals surface area contributed by atoms with Crippen LogP contribution in [0.25, 0.3) is 0 Å². The molecule has 0 atom stereocenters. The van der Waals surface area contributed by atoms with E-state index in [1.54, 1.807) is 0 Å². The zero-order valence-electron chi connectivity index (χ0n) is 5.68. The Kier molecular flexibility index (Phi) is 48.8. The second-order valence-electron chi connectivity index (χ2n) is 1.07. The molecule has 0 bridgehead atoms. The van der Waals surface area contributed by atoms with Gasteiger partial charge in [0.05, 0.1) is 8.69 Å². The molecule has 0 spiro atoms. The van der Waals surface area contributed by atoms with Crippen LogP contribution in [0.4, 0.5) is 0 Å². The molecule has 0 fully saturated rings. The van der Waals surface area contributed by atoms with Gasteiger partial charge in [0.1, 0.15) is 0 Å². The van der Waals surface area contributed by atoms with Crippen LogP contribution in [-0.4, -0.2) is 0 Å². The van der Waals surface area contributed by atoms with Gasteiger partial charge in [-0.05, 0) is 0 Å². The summed E-state index contributed by atoms with van der Waals surface area (Å²) < 4.78 is 8.35. The van der Waals surface area contributed by atoms with Crippen LogP contribution in [0.2, 0.25) is 0 Å². The minimum absolute atomic E-state index is 0. The Morgan fingerprint density at radius 1 is 1.38 bits per heavy atom. The van der Waals surface area contributed by atoms with Gasteiger partial charge in [-0.2, -0.15) is 0 Å². The first kappa shape index (κ1) is 16.0. The Morgan fingerprint density at radius 3 is 1.50 bits per heavy atom. The van der Waals surface area contributed by atoms with Crippen molar-refractivity contribution < 1.29 is 39.0 Å². The zero-order chi connectivity index (χ0) is 6.12. The molecule has 0 rings (SSSR count). The van der Waals surface area contributed by atoms with Crippen molar-refractivity contribution in [1.29, 1.82) is 0 Å². The molecule has 0 aliphatic rings. The van der Waals surface area contributed by atoms with E-state index >= 15 is 0 Å². The summed E-state index contributed by atoms with van der Waals surface area (Å²) in [6, 6.07) is 0. The normalized spacial score (nSPS) is 6.38. The van der Waals surface area contributed by atoms with E-state index in [2.05, 4.69) is 13.8 Å². The number of hydrogen-bond donors (Lipinski definition) is 0. The van der Waals surface area contributed by atoms with E-state index in [1.807, 2.05) is 0 Å². The first-order valence-corrected chi connectivity index (χ1v) is 3.01. The second kappa shape index (κ2) is 24.4. The molecule has 4 heteroatoms. The van der Waals surface area contributed by atoms with Crippen molar-refractivity contribution in [1.82, 2.24) is 0 Å². The number of rotatable bonds is 1. The van der Waals surface area contributed by atoms with E-state index in [0.717, 1.165) is 0 Å². The summed E-state index contributed by atoms with van der Waals surface area (Å²) in [5, 5.41) is 0. The van der Waals surface area contributed by atoms with Gasteiger partial charge >= 0.3 is 29.6 Å². The van der Waals surface area contributed by atoms with E-state index < -0.39 is 8.69 Å². The fourth-order valence-corrected chi connectivity index (χ4v) is 0. The molecular weight excluding hydrogens is 134 g/mol. The predicted octanol–water partition coefficient (Wildman–Crippen LogP) is -1.64. The van der Waals surface area contributed by atoms with Crippen molar-refractivity contribution in [2.45, 2.75) is 26.7 Å². The van der Waals surface area contributed by atoms with Crippen LogP contribution < -0.4 is 34.5 Å². The van der Waals surface area contributed by atoms with Gasteiger partial charge in [-0.1, -0.05) is 26.7 Å². The summed E-state index contributed by atoms with van der Waals surface area (Å²) in [7, 11) is -1.08. The van der Waals surface area contributed by atoms with Gasteiger partial charge in [-0.15, -0.1) is 0 Å². The zero-order valence-corrected chi connectivity index (χ0v) is 8.57. The van der Waals surface area contributed by atoms with Crippen molar-refractivity contribution >= 4 is 8.69 Å². The maximum Gasteiger partial charge on any atom is 1.00 e. The molecule has 0 saturated heterocycles. The second-order valence-corrected chi connectivity index (χ2v) is 1.22. The third kappa shape index (κ3) is 61.1. The topological polar surface area (TPSA) is 40.1 Å². The Morgan fingerprint density at radius 2 is 1.50 bits per heavy atom. The van der Waals surface area contributed by atoms with E-state index in [1.165, 1.54) is 12.8 Å². The first-order valence-electron chi connectivity index (χ1n) is 2.28. The van der Waals surface area contributed by atoms with E-state index in [4.69, 9.17) is 9.46 Å². The van der Waals surface area contributed by atoms with Crippen molar-refractivity contribution in [3.8, 4) is 0 Å². The van der Waals surface area contributed by atoms with Gasteiger partial charge in [0.15, 0.2) is 0 Å². The molecule has 0 aliphatic carbocycles. The Labute approximate surface area is 74.3 Å². The summed E-state index contributed by atoms with van der Waals surface area (Å²) in [5.74, 6) is 0. The van der Waals surface area contributed by atoms with Gasteiger partial charge in [-0.25, -0.2) is 0 Å². The van der Waals surface area contributed by atoms with Gasteiger partial charge < -0.3 is 4.89 Å². The molecule has 0 radical (unpaired) electrons. The summed E-state index contributed by atoms with van der Waals surface area (Å²) in [6.45, 7) is 4.36. The Balaban J connectivity index is -0.0000000575. The molecular formula is C4H10NaO2P. The quantitative estimate of drug-likeness (QED) is 0.327. The van der Waals surface area contributed by atoms with Crippen LogP contribution >= 0.6 is 8.69 Å². The molecule has 0 heterocycles. The molecule has 0 N–H and O–H groups in total. The van der Waals surface area contributed by atoms with Gasteiger partial charge in [0.25, 0.3) is 0 Å². The maximum absolute atomic E-state index is 8.35. The van der Waals surface area contributed by atoms with Gasteiger partial charge in [0.2, 0.25) is 0 Å². The summed E-state index contributed by atoms with van der Waals surface area (Å²) in [6.07, 6.45) is 2.64. The van der Waals surface area contributed by atoms with Crippen LogP contribution in [0.15, 0.2) is 0 Å². The predicted molar refractivity (Wildman–Crippen MR) is 28.2 cm³/mol. The average molecular weight is 144 g/mol. The number of hydrogen-bond acceptors (Lipinski definition) is 2. The fourth-order valence-electron chi connectivity index (χ4n) is 0. The van der Waals surface area contributed by atoms with E-state index in [0.29, 0.717) is 0 Å². The molecule has 0 aromatic heterocycles. The molecule has 0 saturated carbocycles. The summed E-state index contributed by atoms with van der Waals surface area (Å²) >= 11 is 0. The van der Waals surface area contributed by atoms with Gasteiger partial charge in [-0.3, -0.25) is 4.57 Å². The smallest absolute Gasteiger partial charge is 0.772 e. The molecule has 44 valence electrons. The SMILES string of the molecule is CCCC.O=P[O-].[Na+]. The van der Waals surface area contributed by atoms with Crippen molar-refractivity contribution in [2.24, 2.45) is 0 Å². The van der Waals surface area contributed by atoms with Crippen LogP contribution in [0.5, 0.6) is 0 Å². The van der Waals surface area contributed by atoms with Gasteiger partial charge in [0, 0.05) is 0 Å².